The van der Waals surface area contributed by atoms with Crippen LogP contribution in [0, 0.1) is 17.3 Å². The van der Waals surface area contributed by atoms with Gasteiger partial charge < -0.3 is 57.8 Å². The third-order valence-electron chi connectivity index (χ3n) is 6.82. The number of hydrogen-bond donors (Lipinski definition) is 1. The minimum Gasteiger partial charge on any atom is -1.00 e. The fourth-order valence-electron chi connectivity index (χ4n) is 5.42. The van der Waals surface area contributed by atoms with Gasteiger partial charge in [0.2, 0.25) is 0 Å². The molecule has 0 aromatic heterocycles. The van der Waals surface area contributed by atoms with Crippen LogP contribution in [0.4, 0.5) is 0 Å². The summed E-state index contributed by atoms with van der Waals surface area (Å²) in [6.07, 6.45) is 12.0. The molecule has 0 bridgehead atoms. The lowest BCUT2D eigenvalue weighted by atomic mass is 9.53. The summed E-state index contributed by atoms with van der Waals surface area (Å²) in [5.41, 5.74) is 0.721. The summed E-state index contributed by atoms with van der Waals surface area (Å²) in [5.74, 6) is 1.92. The highest BCUT2D eigenvalue weighted by molar-refractivity contribution is 5.15. The van der Waals surface area contributed by atoms with Crippen molar-refractivity contribution in [2.24, 2.45) is 17.3 Å². The second-order valence-corrected chi connectivity index (χ2v) is 8.02. The molecule has 2 nitrogen and oxygen atoms in total. The van der Waals surface area contributed by atoms with Crippen molar-refractivity contribution in [3.8, 4) is 0 Å². The lowest BCUT2D eigenvalue weighted by Gasteiger charge is -2.50. The Morgan fingerprint density at radius 1 is 1.27 bits per heavy atom. The minimum atomic E-state index is 0. The smallest absolute Gasteiger partial charge is 0.128 e. The highest BCUT2D eigenvalue weighted by Gasteiger charge is 2.61. The van der Waals surface area contributed by atoms with Gasteiger partial charge in [-0.1, -0.05) is 26.0 Å². The van der Waals surface area contributed by atoms with Crippen LogP contribution in [0.3, 0.4) is 0 Å². The second-order valence-electron chi connectivity index (χ2n) is 8.02. The molecule has 0 aromatic rings. The molecular formula is C18H34I2N2. The molecule has 2 N–H and O–H groups in total. The maximum absolute atomic E-state index is 2.61. The molecule has 1 saturated carbocycles. The van der Waals surface area contributed by atoms with E-state index in [9.17, 15) is 0 Å². The van der Waals surface area contributed by atoms with E-state index in [0.29, 0.717) is 0 Å². The first kappa shape index (κ1) is 21.2. The number of likely N-dealkylation sites (tertiary alicyclic amines) is 1. The van der Waals surface area contributed by atoms with Gasteiger partial charge in [0.25, 0.3) is 0 Å². The molecule has 1 heterocycles. The normalized spacial score (nSPS) is 38.5. The highest BCUT2D eigenvalue weighted by Crippen LogP contribution is 2.60. The monoisotopic (exact) mass is 532 g/mol. The number of quaternary nitrogens is 2. The van der Waals surface area contributed by atoms with Crippen LogP contribution in [-0.4, -0.2) is 43.8 Å². The molecule has 4 heteroatoms. The predicted molar refractivity (Wildman–Crippen MR) is 84.4 cm³/mol. The Hall–Kier alpha value is 1.12. The fraction of sp³-hybridized carbons (Fsp3) is 0.889. The van der Waals surface area contributed by atoms with E-state index in [4.69, 9.17) is 0 Å². The summed E-state index contributed by atoms with van der Waals surface area (Å²) < 4.78 is 1.35. The molecule has 0 amide bonds. The van der Waals surface area contributed by atoms with Crippen molar-refractivity contribution in [3.63, 3.8) is 0 Å². The Balaban J connectivity index is 0.00000121. The van der Waals surface area contributed by atoms with E-state index in [0.717, 1.165) is 23.3 Å². The Bertz CT molecular complexity index is 383. The number of allylic oxidation sites excluding steroid dienone is 2. The number of halogens is 2. The van der Waals surface area contributed by atoms with E-state index in [1.807, 2.05) is 0 Å². The average molecular weight is 532 g/mol. The average Bonchev–Trinajstić information content (AvgIpc) is 2.74. The van der Waals surface area contributed by atoms with E-state index in [1.54, 1.807) is 0 Å². The van der Waals surface area contributed by atoms with Crippen molar-refractivity contribution in [1.29, 1.82) is 0 Å². The molecule has 2 fully saturated rings. The molecule has 1 aliphatic heterocycles. The zero-order valence-corrected chi connectivity index (χ0v) is 18.8. The number of nitrogens with zero attached hydrogens (tertiary/aromatic N) is 1. The Morgan fingerprint density at radius 2 is 2.00 bits per heavy atom. The van der Waals surface area contributed by atoms with Crippen molar-refractivity contribution < 1.29 is 57.8 Å². The third-order valence-corrected chi connectivity index (χ3v) is 6.82. The van der Waals surface area contributed by atoms with Crippen LogP contribution in [0.5, 0.6) is 0 Å². The molecule has 4 unspecified atom stereocenters. The molecule has 1 spiro atoms. The standard InChI is InChI=1S/C18H33N2.2HI/c1-4-17(5-2)19-11-12-20(3)13-16-8-6-7-15-9-10-18(15,16)14-20;;/h6-7,15-17,19H,4-5,8-14H2,1-3H3;2*1H/q+1;;/p-1. The highest BCUT2D eigenvalue weighted by atomic mass is 127. The molecule has 130 valence electrons. The summed E-state index contributed by atoms with van der Waals surface area (Å²) in [4.78, 5) is 0. The lowest BCUT2D eigenvalue weighted by molar-refractivity contribution is -0.915. The molecule has 3 rings (SSSR count). The molecule has 4 atom stereocenters. The van der Waals surface area contributed by atoms with Crippen LogP contribution in [0.25, 0.3) is 0 Å². The summed E-state index contributed by atoms with van der Waals surface area (Å²) in [7, 11) is 2.53. The van der Waals surface area contributed by atoms with Gasteiger partial charge in [0.05, 0.1) is 26.2 Å². The van der Waals surface area contributed by atoms with E-state index in [2.05, 4.69) is 38.4 Å². The Labute approximate surface area is 171 Å². The molecule has 1 saturated heterocycles. The van der Waals surface area contributed by atoms with Crippen molar-refractivity contribution in [2.75, 3.05) is 33.2 Å². The number of likely N-dealkylation sites (N-methyl/N-ethyl adjacent to an activating group) is 1. The van der Waals surface area contributed by atoms with Crippen molar-refractivity contribution >= 4 is 0 Å². The molecule has 2 aliphatic carbocycles. The van der Waals surface area contributed by atoms with Crippen molar-refractivity contribution in [2.45, 2.75) is 52.0 Å². The van der Waals surface area contributed by atoms with Gasteiger partial charge in [-0.3, -0.25) is 0 Å². The zero-order chi connectivity index (χ0) is 14.2. The largest absolute Gasteiger partial charge is 1.00 e. The first-order valence-corrected chi connectivity index (χ1v) is 8.95. The SMILES string of the molecule is CCC(CC)[NH2+]CC[N+]1(C)CC2CC=CC3CCC32C1.[I-].[I-]. The molecule has 0 aromatic carbocycles. The van der Waals surface area contributed by atoms with E-state index < -0.39 is 0 Å². The van der Waals surface area contributed by atoms with Crippen LogP contribution in [0.2, 0.25) is 0 Å². The van der Waals surface area contributed by atoms with Gasteiger partial charge in [-0.25, -0.2) is 0 Å². The molecule has 22 heavy (non-hydrogen) atoms. The van der Waals surface area contributed by atoms with E-state index in [-0.39, 0.29) is 48.0 Å². The maximum Gasteiger partial charge on any atom is 0.128 e. The number of rotatable bonds is 6. The number of hydrogen-bond acceptors (Lipinski definition) is 0. The number of nitrogens with two attached hydrogens (primary N) is 1. The molecular weight excluding hydrogens is 498 g/mol. The lowest BCUT2D eigenvalue weighted by Crippen LogP contribution is -3.00. The van der Waals surface area contributed by atoms with Gasteiger partial charge >= 0.3 is 0 Å². The predicted octanol–water partition coefficient (Wildman–Crippen LogP) is -3.82. The van der Waals surface area contributed by atoms with Crippen LogP contribution in [0.15, 0.2) is 12.2 Å². The summed E-state index contributed by atoms with van der Waals surface area (Å²) >= 11 is 0. The minimum absolute atomic E-state index is 0. The van der Waals surface area contributed by atoms with Crippen LogP contribution in [0.1, 0.15) is 46.0 Å². The van der Waals surface area contributed by atoms with E-state index in [1.165, 1.54) is 62.8 Å². The Kier molecular flexibility index (Phi) is 8.15. The fourth-order valence-corrected chi connectivity index (χ4v) is 5.42. The van der Waals surface area contributed by atoms with Gasteiger partial charge in [-0.15, -0.1) is 0 Å². The van der Waals surface area contributed by atoms with Gasteiger partial charge in [0.15, 0.2) is 0 Å². The molecule has 0 radical (unpaired) electrons. The summed E-state index contributed by atoms with van der Waals surface area (Å²) in [6, 6.07) is 0.850. The first-order chi connectivity index (χ1) is 9.62. The maximum atomic E-state index is 2.61. The summed E-state index contributed by atoms with van der Waals surface area (Å²) in [6.45, 7) is 10.3. The van der Waals surface area contributed by atoms with Crippen LogP contribution in [-0.2, 0) is 0 Å². The van der Waals surface area contributed by atoms with Crippen LogP contribution < -0.4 is 53.3 Å². The first-order valence-electron chi connectivity index (χ1n) is 8.95. The van der Waals surface area contributed by atoms with Gasteiger partial charge in [0.1, 0.15) is 13.1 Å². The summed E-state index contributed by atoms with van der Waals surface area (Å²) in [5, 5.41) is 2.61. The third kappa shape index (κ3) is 3.85. The van der Waals surface area contributed by atoms with Gasteiger partial charge in [0, 0.05) is 11.3 Å². The Morgan fingerprint density at radius 3 is 2.55 bits per heavy atom. The van der Waals surface area contributed by atoms with E-state index >= 15 is 0 Å². The second kappa shape index (κ2) is 8.48. The topological polar surface area (TPSA) is 16.6 Å². The zero-order valence-electron chi connectivity index (χ0n) is 14.5. The van der Waals surface area contributed by atoms with Crippen LogP contribution >= 0.6 is 0 Å². The molecule has 3 aliphatic rings. The quantitative estimate of drug-likeness (QED) is 0.206. The van der Waals surface area contributed by atoms with Crippen molar-refractivity contribution in [1.82, 2.24) is 0 Å². The van der Waals surface area contributed by atoms with Gasteiger partial charge in [-0.2, -0.15) is 0 Å². The van der Waals surface area contributed by atoms with Crippen molar-refractivity contribution in [3.05, 3.63) is 12.2 Å². The van der Waals surface area contributed by atoms with Gasteiger partial charge in [-0.05, 0) is 38.0 Å².